The summed E-state index contributed by atoms with van der Waals surface area (Å²) in [6, 6.07) is 7.87. The lowest BCUT2D eigenvalue weighted by Gasteiger charge is -2.22. The number of hydrogen-bond acceptors (Lipinski definition) is 2. The molecule has 0 spiro atoms. The number of allylic oxidation sites excluding steroid dienone is 2. The van der Waals surface area contributed by atoms with Gasteiger partial charge in [0, 0.05) is 11.6 Å². The first-order chi connectivity index (χ1) is 7.74. The molecule has 3 heteroatoms. The molecule has 0 aliphatic carbocycles. The Morgan fingerprint density at radius 3 is 2.69 bits per heavy atom. The summed E-state index contributed by atoms with van der Waals surface area (Å²) in [6.07, 6.45) is 6.53. The van der Waals surface area contributed by atoms with Crippen molar-refractivity contribution < 1.29 is 5.11 Å². The second kappa shape index (κ2) is 5.08. The molecule has 1 aromatic carbocycles. The minimum Gasteiger partial charge on any atom is -0.510 e. The number of hydrogen-bond donors (Lipinski definition) is 1. The van der Waals surface area contributed by atoms with Gasteiger partial charge in [-0.25, -0.2) is 0 Å². The topological polar surface area (TPSA) is 23.5 Å². The fraction of sp³-hybridized carbons (Fsp3) is 0.231. The Hall–Kier alpha value is -1.41. The highest BCUT2D eigenvalue weighted by molar-refractivity contribution is 6.30. The molecule has 1 aromatic rings. The Morgan fingerprint density at radius 1 is 1.25 bits per heavy atom. The molecule has 0 unspecified atom stereocenters. The highest BCUT2D eigenvalue weighted by atomic mass is 35.5. The van der Waals surface area contributed by atoms with Gasteiger partial charge in [0.15, 0.2) is 0 Å². The second-order valence-corrected chi connectivity index (χ2v) is 4.28. The van der Waals surface area contributed by atoms with Crippen molar-refractivity contribution in [3.8, 4) is 0 Å². The summed E-state index contributed by atoms with van der Waals surface area (Å²) in [5, 5.41) is 10.1. The van der Waals surface area contributed by atoms with E-state index in [9.17, 15) is 5.11 Å². The first kappa shape index (κ1) is 11.1. The third kappa shape index (κ3) is 3.04. The van der Waals surface area contributed by atoms with E-state index >= 15 is 0 Å². The fourth-order valence-electron chi connectivity index (χ4n) is 1.67. The normalized spacial score (nSPS) is 15.1. The Balaban J connectivity index is 1.86. The minimum atomic E-state index is 0.415. The highest BCUT2D eigenvalue weighted by Gasteiger charge is 2.05. The van der Waals surface area contributed by atoms with Crippen molar-refractivity contribution in [2.45, 2.75) is 6.42 Å². The van der Waals surface area contributed by atoms with E-state index in [1.165, 1.54) is 5.56 Å². The van der Waals surface area contributed by atoms with Gasteiger partial charge in [-0.05, 0) is 42.5 Å². The SMILES string of the molecule is OC1=CC=CN(CCc2ccc(Cl)cc2)C1. The predicted octanol–water partition coefficient (Wildman–Crippen LogP) is 3.15. The van der Waals surface area contributed by atoms with E-state index in [2.05, 4.69) is 4.90 Å². The third-order valence-corrected chi connectivity index (χ3v) is 2.80. The summed E-state index contributed by atoms with van der Waals surface area (Å²) in [5.41, 5.74) is 1.26. The van der Waals surface area contributed by atoms with Crippen molar-refractivity contribution in [2.75, 3.05) is 13.1 Å². The van der Waals surface area contributed by atoms with Gasteiger partial charge in [0.05, 0.1) is 6.54 Å². The summed E-state index contributed by atoms with van der Waals surface area (Å²) < 4.78 is 0. The molecule has 2 nitrogen and oxygen atoms in total. The summed E-state index contributed by atoms with van der Waals surface area (Å²) >= 11 is 5.82. The van der Waals surface area contributed by atoms with E-state index in [-0.39, 0.29) is 0 Å². The first-order valence-electron chi connectivity index (χ1n) is 5.29. The van der Waals surface area contributed by atoms with Crippen molar-refractivity contribution in [1.82, 2.24) is 4.90 Å². The summed E-state index contributed by atoms with van der Waals surface area (Å²) in [7, 11) is 0. The van der Waals surface area contributed by atoms with Crippen molar-refractivity contribution in [3.05, 3.63) is 59.0 Å². The van der Waals surface area contributed by atoms with E-state index in [4.69, 9.17) is 11.6 Å². The van der Waals surface area contributed by atoms with Gasteiger partial charge in [-0.1, -0.05) is 23.7 Å². The quantitative estimate of drug-likeness (QED) is 0.870. The lowest BCUT2D eigenvalue weighted by molar-refractivity contribution is 0.308. The molecule has 84 valence electrons. The van der Waals surface area contributed by atoms with E-state index in [1.54, 1.807) is 6.08 Å². The van der Waals surface area contributed by atoms with Gasteiger partial charge < -0.3 is 10.0 Å². The molecule has 1 heterocycles. The van der Waals surface area contributed by atoms with Crippen LogP contribution in [-0.4, -0.2) is 23.1 Å². The van der Waals surface area contributed by atoms with Crippen LogP contribution in [0.2, 0.25) is 5.02 Å². The average molecular weight is 236 g/mol. The van der Waals surface area contributed by atoms with Crippen LogP contribution in [0.5, 0.6) is 0 Å². The van der Waals surface area contributed by atoms with Crippen LogP contribution < -0.4 is 0 Å². The van der Waals surface area contributed by atoms with Crippen LogP contribution in [-0.2, 0) is 6.42 Å². The van der Waals surface area contributed by atoms with Crippen molar-refractivity contribution >= 4 is 11.6 Å². The largest absolute Gasteiger partial charge is 0.510 e. The molecule has 0 atom stereocenters. The monoisotopic (exact) mass is 235 g/mol. The van der Waals surface area contributed by atoms with Crippen molar-refractivity contribution in [3.63, 3.8) is 0 Å². The Kier molecular flexibility index (Phi) is 3.52. The minimum absolute atomic E-state index is 0.415. The van der Waals surface area contributed by atoms with Crippen LogP contribution >= 0.6 is 11.6 Å². The Bertz CT molecular complexity index is 408. The highest BCUT2D eigenvalue weighted by Crippen LogP contribution is 2.11. The van der Waals surface area contributed by atoms with Gasteiger partial charge in [0.25, 0.3) is 0 Å². The van der Waals surface area contributed by atoms with Gasteiger partial charge in [-0.3, -0.25) is 0 Å². The van der Waals surface area contributed by atoms with Gasteiger partial charge in [0.2, 0.25) is 0 Å². The lowest BCUT2D eigenvalue weighted by atomic mass is 10.1. The van der Waals surface area contributed by atoms with E-state index in [0.717, 1.165) is 18.0 Å². The van der Waals surface area contributed by atoms with Crippen molar-refractivity contribution in [1.29, 1.82) is 0 Å². The molecular weight excluding hydrogens is 222 g/mol. The molecule has 0 amide bonds. The number of aliphatic hydroxyl groups excluding tert-OH is 1. The molecule has 0 fully saturated rings. The molecule has 0 saturated heterocycles. The molecule has 0 bridgehead atoms. The first-order valence-corrected chi connectivity index (χ1v) is 5.67. The van der Waals surface area contributed by atoms with Gasteiger partial charge >= 0.3 is 0 Å². The van der Waals surface area contributed by atoms with Gasteiger partial charge in [0.1, 0.15) is 5.76 Å². The standard InChI is InChI=1S/C13H14ClNO/c14-12-5-3-11(4-6-12)7-9-15-8-1-2-13(16)10-15/h1-6,8,16H,7,9-10H2. The predicted molar refractivity (Wildman–Crippen MR) is 66.6 cm³/mol. The molecule has 16 heavy (non-hydrogen) atoms. The summed E-state index contributed by atoms with van der Waals surface area (Å²) in [4.78, 5) is 2.09. The molecule has 0 aromatic heterocycles. The molecule has 0 radical (unpaired) electrons. The van der Waals surface area contributed by atoms with Gasteiger partial charge in [-0.2, -0.15) is 0 Å². The second-order valence-electron chi connectivity index (χ2n) is 3.85. The van der Waals surface area contributed by atoms with Crippen LogP contribution in [0.4, 0.5) is 0 Å². The van der Waals surface area contributed by atoms with Crippen LogP contribution in [0.1, 0.15) is 5.56 Å². The molecule has 1 N–H and O–H groups in total. The molecule has 1 aliphatic heterocycles. The summed E-state index contributed by atoms with van der Waals surface area (Å²) in [5.74, 6) is 0.415. The average Bonchev–Trinajstić information content (AvgIpc) is 2.28. The zero-order chi connectivity index (χ0) is 11.4. The number of benzene rings is 1. The lowest BCUT2D eigenvalue weighted by Crippen LogP contribution is -2.24. The Labute approximate surface area is 100 Å². The maximum absolute atomic E-state index is 9.36. The van der Waals surface area contributed by atoms with E-state index < -0.39 is 0 Å². The third-order valence-electron chi connectivity index (χ3n) is 2.55. The van der Waals surface area contributed by atoms with Crippen LogP contribution in [0.25, 0.3) is 0 Å². The molecule has 2 rings (SSSR count). The zero-order valence-electron chi connectivity index (χ0n) is 8.94. The van der Waals surface area contributed by atoms with Crippen LogP contribution in [0.3, 0.4) is 0 Å². The number of nitrogens with zero attached hydrogens (tertiary/aromatic N) is 1. The Morgan fingerprint density at radius 2 is 2.00 bits per heavy atom. The van der Waals surface area contributed by atoms with Crippen LogP contribution in [0, 0.1) is 0 Å². The zero-order valence-corrected chi connectivity index (χ0v) is 9.69. The van der Waals surface area contributed by atoms with E-state index in [1.807, 2.05) is 36.5 Å². The van der Waals surface area contributed by atoms with E-state index in [0.29, 0.717) is 12.3 Å². The van der Waals surface area contributed by atoms with Crippen molar-refractivity contribution in [2.24, 2.45) is 0 Å². The smallest absolute Gasteiger partial charge is 0.112 e. The molecular formula is C13H14ClNO. The summed E-state index contributed by atoms with van der Waals surface area (Å²) in [6.45, 7) is 1.50. The van der Waals surface area contributed by atoms with Gasteiger partial charge in [-0.15, -0.1) is 0 Å². The maximum atomic E-state index is 9.36. The van der Waals surface area contributed by atoms with Crippen LogP contribution in [0.15, 0.2) is 48.4 Å². The molecule has 0 saturated carbocycles. The number of aliphatic hydroxyl groups is 1. The number of rotatable bonds is 3. The molecule has 1 aliphatic rings. The fourth-order valence-corrected chi connectivity index (χ4v) is 1.79. The maximum Gasteiger partial charge on any atom is 0.112 e. The number of halogens is 1.